The fourth-order valence-electron chi connectivity index (χ4n) is 1.64. The van der Waals surface area contributed by atoms with E-state index in [2.05, 4.69) is 0 Å². The Hall–Kier alpha value is -0.690. The Balaban J connectivity index is 2.52. The molecule has 1 rings (SSSR count). The van der Waals surface area contributed by atoms with Crippen molar-refractivity contribution < 1.29 is 30.0 Å². The molecule has 0 bridgehead atoms. The summed E-state index contributed by atoms with van der Waals surface area (Å²) in [7, 11) is 0. The average Bonchev–Trinajstić information content (AvgIpc) is 2.27. The van der Waals surface area contributed by atoms with Gasteiger partial charge in [-0.1, -0.05) is 0 Å². The Morgan fingerprint density at radius 2 is 2.07 bits per heavy atom. The van der Waals surface area contributed by atoms with E-state index in [-0.39, 0.29) is 0 Å². The highest BCUT2D eigenvalue weighted by molar-refractivity contribution is 5.72. The van der Waals surface area contributed by atoms with Crippen molar-refractivity contribution in [2.24, 2.45) is 0 Å². The number of carboxylic acid groups (broad SMARTS) is 1. The highest BCUT2D eigenvalue weighted by atomic mass is 16.5. The molecule has 3 unspecified atom stereocenters. The summed E-state index contributed by atoms with van der Waals surface area (Å²) in [5.74, 6) is -1.06. The molecule has 0 aromatic rings. The second kappa shape index (κ2) is 5.41. The lowest BCUT2D eigenvalue weighted by molar-refractivity contribution is -0.174. The summed E-state index contributed by atoms with van der Waals surface area (Å²) in [4.78, 5) is 10.6. The lowest BCUT2D eigenvalue weighted by atomic mass is 9.97. The molecule has 0 aromatic heterocycles. The van der Waals surface area contributed by atoms with Crippen LogP contribution in [0, 0.1) is 0 Å². The van der Waals surface area contributed by atoms with Crippen LogP contribution >= 0.6 is 0 Å². The predicted molar refractivity (Wildman–Crippen MR) is 49.2 cm³/mol. The van der Waals surface area contributed by atoms with Gasteiger partial charge in [0.05, 0.1) is 12.7 Å². The van der Waals surface area contributed by atoms with E-state index < -0.39 is 37.0 Å². The molecule has 88 valence electrons. The summed E-state index contributed by atoms with van der Waals surface area (Å²) in [6.45, 7) is -0.571. The van der Waals surface area contributed by atoms with Crippen molar-refractivity contribution >= 4 is 5.97 Å². The minimum Gasteiger partial charge on any atom is -0.479 e. The Kier molecular flexibility index (Phi) is 4.46. The number of carbonyl (C=O) groups is 1. The fraction of sp³-hybridized carbons (Fsp3) is 0.889. The summed E-state index contributed by atoms with van der Waals surface area (Å²) in [5.41, 5.74) is 0. The number of hydrogen-bond acceptors (Lipinski definition) is 5. The molecule has 15 heavy (non-hydrogen) atoms. The smallest absolute Gasteiger partial charge is 0.332 e. The molecule has 0 radical (unpaired) electrons. The standard InChI is InChI=1S/C9H16O6/c10-4-5(11)8(12)6-2-1-3-7(15-6)9(13)14/h5-8,10-12H,1-4H2,(H,13,14)/t5-,6?,7?,8?/m1/s1. The summed E-state index contributed by atoms with van der Waals surface area (Å²) in [5, 5.41) is 36.0. The summed E-state index contributed by atoms with van der Waals surface area (Å²) in [6.07, 6.45) is -2.65. The van der Waals surface area contributed by atoms with E-state index in [1.807, 2.05) is 0 Å². The summed E-state index contributed by atoms with van der Waals surface area (Å²) in [6, 6.07) is 0. The fourth-order valence-corrected chi connectivity index (χ4v) is 1.64. The summed E-state index contributed by atoms with van der Waals surface area (Å²) >= 11 is 0. The van der Waals surface area contributed by atoms with Crippen LogP contribution in [0.4, 0.5) is 0 Å². The number of ether oxygens (including phenoxy) is 1. The third-order valence-electron chi connectivity index (χ3n) is 2.53. The average molecular weight is 220 g/mol. The van der Waals surface area contributed by atoms with Gasteiger partial charge in [0.15, 0.2) is 6.10 Å². The Morgan fingerprint density at radius 3 is 2.60 bits per heavy atom. The Morgan fingerprint density at radius 1 is 1.40 bits per heavy atom. The number of aliphatic hydroxyl groups excluding tert-OH is 3. The largest absolute Gasteiger partial charge is 0.479 e. The van der Waals surface area contributed by atoms with E-state index in [1.54, 1.807) is 0 Å². The van der Waals surface area contributed by atoms with Crippen LogP contribution < -0.4 is 0 Å². The van der Waals surface area contributed by atoms with Gasteiger partial charge < -0.3 is 25.2 Å². The van der Waals surface area contributed by atoms with Crippen molar-refractivity contribution in [3.63, 3.8) is 0 Å². The van der Waals surface area contributed by atoms with Crippen LogP contribution in [0.15, 0.2) is 0 Å². The molecule has 6 nitrogen and oxygen atoms in total. The maximum atomic E-state index is 10.6. The highest BCUT2D eigenvalue weighted by Crippen LogP contribution is 2.22. The third-order valence-corrected chi connectivity index (χ3v) is 2.53. The first-order valence-electron chi connectivity index (χ1n) is 4.91. The first kappa shape index (κ1) is 12.4. The van der Waals surface area contributed by atoms with E-state index in [9.17, 15) is 15.0 Å². The van der Waals surface area contributed by atoms with Crippen LogP contribution in [0.5, 0.6) is 0 Å². The van der Waals surface area contributed by atoms with Crippen LogP contribution in [0.2, 0.25) is 0 Å². The van der Waals surface area contributed by atoms with Gasteiger partial charge >= 0.3 is 5.97 Å². The molecular formula is C9H16O6. The van der Waals surface area contributed by atoms with Gasteiger partial charge in [-0.25, -0.2) is 4.79 Å². The first-order chi connectivity index (χ1) is 7.06. The van der Waals surface area contributed by atoms with Gasteiger partial charge in [0.25, 0.3) is 0 Å². The molecule has 4 atom stereocenters. The molecule has 0 saturated carbocycles. The number of hydrogen-bond donors (Lipinski definition) is 4. The molecule has 1 fully saturated rings. The quantitative estimate of drug-likeness (QED) is 0.470. The maximum Gasteiger partial charge on any atom is 0.332 e. The lowest BCUT2D eigenvalue weighted by Gasteiger charge is -2.32. The van der Waals surface area contributed by atoms with E-state index in [1.165, 1.54) is 0 Å². The van der Waals surface area contributed by atoms with Crippen molar-refractivity contribution in [3.8, 4) is 0 Å². The van der Waals surface area contributed by atoms with Crippen LogP contribution in [0.25, 0.3) is 0 Å². The Labute approximate surface area is 87.1 Å². The van der Waals surface area contributed by atoms with Gasteiger partial charge in [0, 0.05) is 0 Å². The molecule has 1 aliphatic heterocycles. The van der Waals surface area contributed by atoms with Gasteiger partial charge in [-0.15, -0.1) is 0 Å². The van der Waals surface area contributed by atoms with E-state index in [0.29, 0.717) is 19.3 Å². The molecular weight excluding hydrogens is 204 g/mol. The number of aliphatic hydroxyl groups is 3. The van der Waals surface area contributed by atoms with Crippen LogP contribution in [-0.4, -0.2) is 57.4 Å². The highest BCUT2D eigenvalue weighted by Gasteiger charge is 2.34. The first-order valence-corrected chi connectivity index (χ1v) is 4.91. The Bertz CT molecular complexity index is 219. The molecule has 4 N–H and O–H groups in total. The van der Waals surface area contributed by atoms with E-state index in [0.717, 1.165) is 0 Å². The van der Waals surface area contributed by atoms with Crippen LogP contribution in [0.3, 0.4) is 0 Å². The van der Waals surface area contributed by atoms with Gasteiger partial charge in [-0.2, -0.15) is 0 Å². The molecule has 1 saturated heterocycles. The molecule has 0 aromatic carbocycles. The van der Waals surface area contributed by atoms with Gasteiger partial charge in [0.1, 0.15) is 12.2 Å². The number of rotatable bonds is 4. The second-order valence-corrected chi connectivity index (χ2v) is 3.67. The predicted octanol–water partition coefficient (Wildman–Crippen LogP) is -1.28. The molecule has 1 heterocycles. The monoisotopic (exact) mass is 220 g/mol. The minimum absolute atomic E-state index is 0.410. The third kappa shape index (κ3) is 3.13. The van der Waals surface area contributed by atoms with Gasteiger partial charge in [-0.3, -0.25) is 0 Å². The zero-order chi connectivity index (χ0) is 11.4. The van der Waals surface area contributed by atoms with Crippen LogP contribution in [-0.2, 0) is 9.53 Å². The molecule has 0 aliphatic carbocycles. The van der Waals surface area contributed by atoms with Crippen molar-refractivity contribution in [3.05, 3.63) is 0 Å². The number of aliphatic carboxylic acids is 1. The molecule has 6 heteroatoms. The molecule has 0 spiro atoms. The van der Waals surface area contributed by atoms with Gasteiger partial charge in [-0.05, 0) is 19.3 Å². The lowest BCUT2D eigenvalue weighted by Crippen LogP contribution is -2.46. The maximum absolute atomic E-state index is 10.6. The van der Waals surface area contributed by atoms with E-state index in [4.69, 9.17) is 14.9 Å². The minimum atomic E-state index is -1.29. The zero-order valence-electron chi connectivity index (χ0n) is 8.24. The van der Waals surface area contributed by atoms with Crippen molar-refractivity contribution in [1.29, 1.82) is 0 Å². The second-order valence-electron chi connectivity index (χ2n) is 3.67. The topological polar surface area (TPSA) is 107 Å². The van der Waals surface area contributed by atoms with Crippen molar-refractivity contribution in [2.75, 3.05) is 6.61 Å². The normalized spacial score (nSPS) is 30.9. The zero-order valence-corrected chi connectivity index (χ0v) is 8.24. The summed E-state index contributed by atoms with van der Waals surface area (Å²) < 4.78 is 5.11. The molecule has 0 amide bonds. The van der Waals surface area contributed by atoms with E-state index >= 15 is 0 Å². The van der Waals surface area contributed by atoms with Crippen molar-refractivity contribution in [1.82, 2.24) is 0 Å². The van der Waals surface area contributed by atoms with Crippen molar-refractivity contribution in [2.45, 2.75) is 43.7 Å². The van der Waals surface area contributed by atoms with Crippen LogP contribution in [0.1, 0.15) is 19.3 Å². The number of carboxylic acids is 1. The SMILES string of the molecule is O=C(O)C1CCCC(C(O)[C@H](O)CO)O1. The molecule has 1 aliphatic rings. The van der Waals surface area contributed by atoms with Gasteiger partial charge in [0.2, 0.25) is 0 Å².